The van der Waals surface area contributed by atoms with Gasteiger partial charge in [0.15, 0.2) is 0 Å². The second kappa shape index (κ2) is 8.11. The van der Waals surface area contributed by atoms with E-state index in [1.165, 1.54) is 0 Å². The van der Waals surface area contributed by atoms with E-state index in [4.69, 9.17) is 4.74 Å². The largest absolute Gasteiger partial charge is 0.381 e. The molecule has 3 rings (SSSR count). The zero-order valence-corrected chi connectivity index (χ0v) is 14.0. The molecule has 1 atom stereocenters. The van der Waals surface area contributed by atoms with Gasteiger partial charge in [-0.15, -0.1) is 0 Å². The molecular formula is C18H23N3O4. The highest BCUT2D eigenvalue weighted by Crippen LogP contribution is 2.19. The Hall–Kier alpha value is -2.41. The van der Waals surface area contributed by atoms with Crippen LogP contribution in [0.2, 0.25) is 0 Å². The van der Waals surface area contributed by atoms with Gasteiger partial charge in [-0.3, -0.25) is 14.4 Å². The number of carbonyl (C=O) groups excluding carboxylic acids is 3. The summed E-state index contributed by atoms with van der Waals surface area (Å²) in [6, 6.07) is 6.14. The lowest BCUT2D eigenvalue weighted by Gasteiger charge is -2.22. The lowest BCUT2D eigenvalue weighted by Crippen LogP contribution is -2.42. The highest BCUT2D eigenvalue weighted by molar-refractivity contribution is 6.09. The first-order valence-electron chi connectivity index (χ1n) is 8.68. The van der Waals surface area contributed by atoms with E-state index in [-0.39, 0.29) is 30.6 Å². The molecule has 1 aromatic carbocycles. The Kier molecular flexibility index (Phi) is 5.65. The van der Waals surface area contributed by atoms with Crippen LogP contribution in [0.4, 0.5) is 5.69 Å². The topological polar surface area (TPSA) is 96.5 Å². The number of hydrogen-bond donors (Lipinski definition) is 3. The molecule has 2 aliphatic heterocycles. The third-order valence-corrected chi connectivity index (χ3v) is 4.64. The van der Waals surface area contributed by atoms with Gasteiger partial charge in [0.25, 0.3) is 5.91 Å². The van der Waals surface area contributed by atoms with Crippen LogP contribution in [-0.2, 0) is 14.3 Å². The van der Waals surface area contributed by atoms with Crippen molar-refractivity contribution in [3.05, 3.63) is 29.8 Å². The normalized spacial score (nSPS) is 20.9. The van der Waals surface area contributed by atoms with Gasteiger partial charge in [-0.25, -0.2) is 0 Å². The number of benzene rings is 1. The predicted octanol–water partition coefficient (Wildman–Crippen LogP) is 1.06. The molecule has 3 N–H and O–H groups in total. The highest BCUT2D eigenvalue weighted by atomic mass is 16.5. The first-order chi connectivity index (χ1) is 12.1. The summed E-state index contributed by atoms with van der Waals surface area (Å²) in [4.78, 5) is 36.5. The summed E-state index contributed by atoms with van der Waals surface area (Å²) in [5.74, 6) is -0.250. The number of fused-ring (bicyclic) bond motifs is 1. The quantitative estimate of drug-likeness (QED) is 0.743. The molecule has 0 aromatic heterocycles. The third-order valence-electron chi connectivity index (χ3n) is 4.64. The summed E-state index contributed by atoms with van der Waals surface area (Å²) in [6.45, 7) is 2.13. The van der Waals surface area contributed by atoms with E-state index in [9.17, 15) is 14.4 Å². The molecule has 0 radical (unpaired) electrons. The van der Waals surface area contributed by atoms with Crippen LogP contribution in [0.3, 0.4) is 0 Å². The van der Waals surface area contributed by atoms with Gasteiger partial charge in [0.2, 0.25) is 11.8 Å². The molecule has 0 saturated carbocycles. The molecule has 7 nitrogen and oxygen atoms in total. The van der Waals surface area contributed by atoms with Gasteiger partial charge in [-0.2, -0.15) is 0 Å². The Morgan fingerprint density at radius 3 is 2.76 bits per heavy atom. The van der Waals surface area contributed by atoms with E-state index in [2.05, 4.69) is 16.0 Å². The van der Waals surface area contributed by atoms with Crippen molar-refractivity contribution in [3.63, 3.8) is 0 Å². The van der Waals surface area contributed by atoms with Crippen LogP contribution in [0.1, 0.15) is 36.0 Å². The summed E-state index contributed by atoms with van der Waals surface area (Å²) in [7, 11) is 0. The fourth-order valence-corrected chi connectivity index (χ4v) is 3.09. The predicted molar refractivity (Wildman–Crippen MR) is 92.1 cm³/mol. The van der Waals surface area contributed by atoms with Crippen molar-refractivity contribution in [2.24, 2.45) is 5.92 Å². The molecule has 0 spiro atoms. The molecule has 1 saturated heterocycles. The van der Waals surface area contributed by atoms with E-state index in [1.54, 1.807) is 24.3 Å². The van der Waals surface area contributed by atoms with Gasteiger partial charge < -0.3 is 20.7 Å². The molecule has 2 aliphatic rings. The summed E-state index contributed by atoms with van der Waals surface area (Å²) in [5.41, 5.74) is 0.929. The van der Waals surface area contributed by atoms with Crippen molar-refractivity contribution in [1.82, 2.24) is 10.6 Å². The number of hydrogen-bond acceptors (Lipinski definition) is 4. The zero-order chi connectivity index (χ0) is 17.6. The molecule has 134 valence electrons. The van der Waals surface area contributed by atoms with E-state index in [0.29, 0.717) is 23.7 Å². The Morgan fingerprint density at radius 2 is 1.96 bits per heavy atom. The van der Waals surface area contributed by atoms with Gasteiger partial charge in [0.1, 0.15) is 6.04 Å². The van der Waals surface area contributed by atoms with Gasteiger partial charge in [0.05, 0.1) is 11.3 Å². The first kappa shape index (κ1) is 17.4. The summed E-state index contributed by atoms with van der Waals surface area (Å²) in [5, 5.41) is 8.35. The zero-order valence-electron chi connectivity index (χ0n) is 14.0. The number of nitrogens with one attached hydrogen (secondary N) is 3. The molecule has 25 heavy (non-hydrogen) atoms. The third kappa shape index (κ3) is 4.57. The van der Waals surface area contributed by atoms with Crippen molar-refractivity contribution in [2.45, 2.75) is 31.7 Å². The lowest BCUT2D eigenvalue weighted by atomic mass is 10.0. The monoisotopic (exact) mass is 345 g/mol. The Bertz CT molecular complexity index is 655. The number of ether oxygens (including phenoxy) is 1. The Labute approximate surface area is 146 Å². The molecular weight excluding hydrogens is 322 g/mol. The average molecular weight is 345 g/mol. The Morgan fingerprint density at radius 1 is 1.20 bits per heavy atom. The molecule has 2 heterocycles. The first-order valence-corrected chi connectivity index (χ1v) is 8.68. The van der Waals surface area contributed by atoms with Crippen molar-refractivity contribution < 1.29 is 19.1 Å². The van der Waals surface area contributed by atoms with E-state index < -0.39 is 6.04 Å². The van der Waals surface area contributed by atoms with Crippen molar-refractivity contribution >= 4 is 23.4 Å². The molecule has 7 heteroatoms. The van der Waals surface area contributed by atoms with E-state index in [0.717, 1.165) is 26.1 Å². The maximum atomic E-state index is 12.3. The smallest absolute Gasteiger partial charge is 0.254 e. The molecule has 1 aromatic rings. The number of rotatable bonds is 5. The van der Waals surface area contributed by atoms with Gasteiger partial charge in [-0.1, -0.05) is 12.1 Å². The van der Waals surface area contributed by atoms with Crippen molar-refractivity contribution in [1.29, 1.82) is 0 Å². The molecule has 1 unspecified atom stereocenters. The molecule has 3 amide bonds. The average Bonchev–Trinajstić information content (AvgIpc) is 2.75. The van der Waals surface area contributed by atoms with Crippen LogP contribution in [0, 0.1) is 5.92 Å². The minimum absolute atomic E-state index is 0.102. The molecule has 1 fully saturated rings. The minimum atomic E-state index is -0.714. The molecule has 0 bridgehead atoms. The molecule has 0 aliphatic carbocycles. The van der Waals surface area contributed by atoms with Crippen LogP contribution in [-0.4, -0.2) is 43.5 Å². The highest BCUT2D eigenvalue weighted by Gasteiger charge is 2.27. The maximum Gasteiger partial charge on any atom is 0.254 e. The number of carbonyl (C=O) groups is 3. The SMILES string of the molecule is O=C(CCC1NC(=O)c2ccccc2NC1=O)NCC1CCOCC1. The van der Waals surface area contributed by atoms with Gasteiger partial charge in [-0.05, 0) is 37.3 Å². The maximum absolute atomic E-state index is 12.3. The standard InChI is InChI=1S/C18H23N3O4/c22-16(19-11-12-7-9-25-10-8-12)6-5-15-18(24)20-14-4-2-1-3-13(14)17(23)21-15/h1-4,12,15H,5-11H2,(H,19,22)(H,20,24)(H,21,23). The van der Waals surface area contributed by atoms with E-state index in [1.807, 2.05) is 0 Å². The Balaban J connectivity index is 1.48. The summed E-state index contributed by atoms with van der Waals surface area (Å²) >= 11 is 0. The van der Waals surface area contributed by atoms with Crippen LogP contribution in [0.25, 0.3) is 0 Å². The van der Waals surface area contributed by atoms with Crippen LogP contribution in [0.5, 0.6) is 0 Å². The number of amides is 3. The number of anilines is 1. The minimum Gasteiger partial charge on any atom is -0.381 e. The summed E-state index contributed by atoms with van der Waals surface area (Å²) in [6.07, 6.45) is 2.38. The van der Waals surface area contributed by atoms with E-state index >= 15 is 0 Å². The summed E-state index contributed by atoms with van der Waals surface area (Å²) < 4.78 is 5.30. The second-order valence-corrected chi connectivity index (χ2v) is 6.46. The fourth-order valence-electron chi connectivity index (χ4n) is 3.09. The van der Waals surface area contributed by atoms with Crippen LogP contribution >= 0.6 is 0 Å². The number of para-hydroxylation sites is 1. The van der Waals surface area contributed by atoms with Gasteiger partial charge >= 0.3 is 0 Å². The fraction of sp³-hybridized carbons (Fsp3) is 0.500. The van der Waals surface area contributed by atoms with Crippen LogP contribution in [0.15, 0.2) is 24.3 Å². The van der Waals surface area contributed by atoms with Gasteiger partial charge in [0, 0.05) is 26.2 Å². The second-order valence-electron chi connectivity index (χ2n) is 6.46. The van der Waals surface area contributed by atoms with Crippen molar-refractivity contribution in [3.8, 4) is 0 Å². The lowest BCUT2D eigenvalue weighted by molar-refractivity contribution is -0.122. The van der Waals surface area contributed by atoms with Crippen molar-refractivity contribution in [2.75, 3.05) is 25.1 Å². The van der Waals surface area contributed by atoms with Crippen LogP contribution < -0.4 is 16.0 Å².